The van der Waals surface area contributed by atoms with Gasteiger partial charge in [0.05, 0.1) is 22.9 Å². The molecule has 0 fully saturated rings. The van der Waals surface area contributed by atoms with E-state index in [1.807, 2.05) is 11.3 Å². The molecule has 5 nitrogen and oxygen atoms in total. The zero-order valence-electron chi connectivity index (χ0n) is 35.7. The summed E-state index contributed by atoms with van der Waals surface area (Å²) in [6.07, 6.45) is 14.4. The molecule has 7 aromatic carbocycles. The molecule has 0 saturated carbocycles. The molecule has 0 spiro atoms. The van der Waals surface area contributed by atoms with Crippen molar-refractivity contribution in [2.75, 3.05) is 4.90 Å². The third-order valence-corrected chi connectivity index (χ3v) is 14.9. The first-order valence-corrected chi connectivity index (χ1v) is 23.6. The van der Waals surface area contributed by atoms with E-state index in [0.717, 1.165) is 41.9 Å². The Hall–Kier alpha value is -7.51. The van der Waals surface area contributed by atoms with E-state index in [-0.39, 0.29) is 18.4 Å². The van der Waals surface area contributed by atoms with Gasteiger partial charge in [0, 0.05) is 48.6 Å². The fourth-order valence-corrected chi connectivity index (χ4v) is 11.9. The van der Waals surface area contributed by atoms with E-state index in [9.17, 15) is 0 Å². The molecular formula is C59H45N5S. The van der Waals surface area contributed by atoms with Crippen LogP contribution in [0, 0.1) is 0 Å². The molecule has 0 bridgehead atoms. The van der Waals surface area contributed by atoms with Crippen molar-refractivity contribution in [1.82, 2.24) is 15.2 Å². The molecule has 2 N–H and O–H groups in total. The SMILES string of the molecule is C1=Cc2sc3c(-c4ccc(C5NC(C6=CCC(N7c8ccccc8-c8c(n(-c9ccccc9)c9ccccc89)-c8ccccc87)C=C6)=NC(c6ccccc6)N5)cc4)cccc3c2CC1. The third-order valence-electron chi connectivity index (χ3n) is 13.6. The minimum Gasteiger partial charge on any atom is -0.350 e. The average Bonchev–Trinajstić information content (AvgIpc) is 3.90. The van der Waals surface area contributed by atoms with Gasteiger partial charge in [-0.2, -0.15) is 0 Å². The van der Waals surface area contributed by atoms with Crippen molar-refractivity contribution in [1.29, 1.82) is 0 Å². The molecule has 2 aliphatic heterocycles. The van der Waals surface area contributed by atoms with E-state index in [4.69, 9.17) is 4.99 Å². The Balaban J connectivity index is 0.848. The summed E-state index contributed by atoms with van der Waals surface area (Å²) in [6.45, 7) is 0. The lowest BCUT2D eigenvalue weighted by atomic mass is 9.96. The molecule has 312 valence electrons. The van der Waals surface area contributed by atoms with E-state index in [1.54, 1.807) is 0 Å². The van der Waals surface area contributed by atoms with Gasteiger partial charge in [-0.25, -0.2) is 4.99 Å². The molecule has 4 aliphatic rings. The third kappa shape index (κ3) is 6.35. The number of allylic oxidation sites excluding steroid dienone is 1. The van der Waals surface area contributed by atoms with E-state index < -0.39 is 0 Å². The van der Waals surface area contributed by atoms with Gasteiger partial charge in [0.1, 0.15) is 18.2 Å². The van der Waals surface area contributed by atoms with E-state index in [1.165, 1.54) is 81.9 Å². The van der Waals surface area contributed by atoms with E-state index in [0.29, 0.717) is 0 Å². The van der Waals surface area contributed by atoms with Crippen LogP contribution >= 0.6 is 11.3 Å². The fourth-order valence-electron chi connectivity index (χ4n) is 10.6. The minimum absolute atomic E-state index is 0.0754. The van der Waals surface area contributed by atoms with Crippen molar-refractivity contribution in [3.05, 3.63) is 227 Å². The number of thiophene rings is 1. The van der Waals surface area contributed by atoms with Crippen molar-refractivity contribution in [2.45, 2.75) is 37.6 Å². The summed E-state index contributed by atoms with van der Waals surface area (Å²) in [7, 11) is 0. The summed E-state index contributed by atoms with van der Waals surface area (Å²) < 4.78 is 3.84. The maximum Gasteiger partial charge on any atom is 0.131 e. The van der Waals surface area contributed by atoms with Gasteiger partial charge in [0.25, 0.3) is 0 Å². The maximum atomic E-state index is 5.35. The molecule has 9 aromatic rings. The van der Waals surface area contributed by atoms with Crippen molar-refractivity contribution in [3.8, 4) is 39.2 Å². The van der Waals surface area contributed by atoms with Gasteiger partial charge in [-0.3, -0.25) is 5.32 Å². The van der Waals surface area contributed by atoms with Gasteiger partial charge in [-0.1, -0.05) is 170 Å². The Kier molecular flexibility index (Phi) is 9.14. The van der Waals surface area contributed by atoms with Gasteiger partial charge in [-0.05, 0) is 88.9 Å². The molecule has 3 unspecified atom stereocenters. The number of aromatic nitrogens is 1. The topological polar surface area (TPSA) is 44.6 Å². The monoisotopic (exact) mass is 855 g/mol. The number of benzene rings is 7. The zero-order valence-corrected chi connectivity index (χ0v) is 36.5. The first kappa shape index (κ1) is 38.0. The van der Waals surface area contributed by atoms with Gasteiger partial charge >= 0.3 is 0 Å². The second-order valence-corrected chi connectivity index (χ2v) is 18.4. The van der Waals surface area contributed by atoms with Crippen molar-refractivity contribution in [3.63, 3.8) is 0 Å². The number of aliphatic imine (C=N–C) groups is 1. The van der Waals surface area contributed by atoms with Crippen molar-refractivity contribution in [2.24, 2.45) is 4.99 Å². The Bertz CT molecular complexity index is 3430. The number of rotatable bonds is 6. The van der Waals surface area contributed by atoms with Crippen molar-refractivity contribution >= 4 is 55.6 Å². The van der Waals surface area contributed by atoms with Gasteiger partial charge in [0.2, 0.25) is 0 Å². The normalized spacial score (nSPS) is 18.5. The minimum atomic E-state index is -0.211. The maximum absolute atomic E-state index is 5.35. The summed E-state index contributed by atoms with van der Waals surface area (Å²) >= 11 is 1.92. The van der Waals surface area contributed by atoms with Crippen LogP contribution in [0.15, 0.2) is 211 Å². The standard InChI is InChI=1S/C59H45N5S/c1-3-16-39(17-4-1)57-60-58(40-32-30-38(31-33-40)44-24-15-25-46-45-20-10-14-29-53(45)65-56(44)46)62-59(61-57)41-34-36-43(37-35-41)63-50-26-11-7-21-47(50)54-48-22-8-12-27-51(48)64(42-18-5-2-6-19-42)55(54)49-23-9-13-28-52(49)63/h1-9,11-19,21-36,43,57-58,60H,10,20,37H2,(H,61,62). The van der Waals surface area contributed by atoms with E-state index >= 15 is 0 Å². The molecule has 0 radical (unpaired) electrons. The largest absolute Gasteiger partial charge is 0.350 e. The van der Waals surface area contributed by atoms with Crippen LogP contribution in [0.3, 0.4) is 0 Å². The lowest BCUT2D eigenvalue weighted by Gasteiger charge is -2.36. The smallest absolute Gasteiger partial charge is 0.131 e. The molecule has 2 aliphatic carbocycles. The highest BCUT2D eigenvalue weighted by Gasteiger charge is 2.34. The van der Waals surface area contributed by atoms with E-state index in [2.05, 4.69) is 226 Å². The summed E-state index contributed by atoms with van der Waals surface area (Å²) in [5.74, 6) is 0.899. The Labute approximate surface area is 383 Å². The number of hydrogen-bond donors (Lipinski definition) is 2. The zero-order chi connectivity index (χ0) is 42.8. The number of anilines is 2. The van der Waals surface area contributed by atoms with Crippen molar-refractivity contribution < 1.29 is 0 Å². The first-order chi connectivity index (χ1) is 32.2. The Morgan fingerprint density at radius 3 is 2.14 bits per heavy atom. The van der Waals surface area contributed by atoms with Gasteiger partial charge in [-0.15, -0.1) is 11.3 Å². The van der Waals surface area contributed by atoms with Crippen LogP contribution in [0.5, 0.6) is 0 Å². The second kappa shape index (κ2) is 15.6. The quantitative estimate of drug-likeness (QED) is 0.175. The molecule has 0 amide bonds. The fraction of sp³-hybridized carbons (Fsp3) is 0.102. The molecule has 3 atom stereocenters. The number of aryl methyl sites for hydroxylation is 1. The highest BCUT2D eigenvalue weighted by molar-refractivity contribution is 7.20. The number of hydrogen-bond acceptors (Lipinski definition) is 5. The number of fused-ring (bicyclic) bond motifs is 10. The number of amidine groups is 1. The summed E-state index contributed by atoms with van der Waals surface area (Å²) in [4.78, 5) is 9.32. The Morgan fingerprint density at radius 1 is 0.615 bits per heavy atom. The van der Waals surface area contributed by atoms with Gasteiger partial charge in [0.15, 0.2) is 0 Å². The van der Waals surface area contributed by atoms with Crippen LogP contribution in [0.4, 0.5) is 11.4 Å². The first-order valence-electron chi connectivity index (χ1n) is 22.8. The predicted octanol–water partition coefficient (Wildman–Crippen LogP) is 14.5. The molecule has 0 saturated heterocycles. The van der Waals surface area contributed by atoms with Crippen LogP contribution < -0.4 is 15.5 Å². The summed E-state index contributed by atoms with van der Waals surface area (Å²) in [6, 6.07) is 64.2. The van der Waals surface area contributed by atoms with Crippen LogP contribution in [-0.2, 0) is 6.42 Å². The summed E-state index contributed by atoms with van der Waals surface area (Å²) in [5, 5.41) is 10.3. The Morgan fingerprint density at radius 2 is 1.32 bits per heavy atom. The highest BCUT2D eigenvalue weighted by atomic mass is 32.1. The molecular weight excluding hydrogens is 811 g/mol. The van der Waals surface area contributed by atoms with Crippen LogP contribution in [0.2, 0.25) is 0 Å². The lowest BCUT2D eigenvalue weighted by Crippen LogP contribution is -2.45. The van der Waals surface area contributed by atoms with Gasteiger partial charge < -0.3 is 14.8 Å². The van der Waals surface area contributed by atoms with Crippen LogP contribution in [0.25, 0.3) is 66.3 Å². The second-order valence-electron chi connectivity index (χ2n) is 17.4. The number of para-hydroxylation sites is 4. The molecule has 6 heteroatoms. The molecule has 65 heavy (non-hydrogen) atoms. The average molecular weight is 856 g/mol. The number of nitrogens with one attached hydrogen (secondary N) is 2. The predicted molar refractivity (Wildman–Crippen MR) is 272 cm³/mol. The van der Waals surface area contributed by atoms with Crippen LogP contribution in [0.1, 0.15) is 46.7 Å². The molecule has 2 aromatic heterocycles. The molecule has 13 rings (SSSR count). The number of nitrogens with zero attached hydrogens (tertiary/aromatic N) is 3. The molecule has 4 heterocycles. The summed E-state index contributed by atoms with van der Waals surface area (Å²) in [5.41, 5.74) is 17.2. The highest BCUT2D eigenvalue weighted by Crippen LogP contribution is 2.53. The van der Waals surface area contributed by atoms with Crippen LogP contribution in [-0.4, -0.2) is 16.4 Å². The lowest BCUT2D eigenvalue weighted by molar-refractivity contribution is 0.409.